The predicted octanol–water partition coefficient (Wildman–Crippen LogP) is 3.62. The molecule has 1 aliphatic heterocycles. The Hall–Kier alpha value is -3.75. The summed E-state index contributed by atoms with van der Waals surface area (Å²) in [5, 5.41) is 13.1. The van der Waals surface area contributed by atoms with Gasteiger partial charge in [-0.15, -0.1) is 6.58 Å². The molecule has 2 heterocycles. The van der Waals surface area contributed by atoms with Crippen LogP contribution in [0.3, 0.4) is 0 Å². The number of hydrogen-bond donors (Lipinski definition) is 3. The van der Waals surface area contributed by atoms with Gasteiger partial charge in [0.15, 0.2) is 0 Å². The first-order chi connectivity index (χ1) is 17.5. The van der Waals surface area contributed by atoms with Gasteiger partial charge in [-0.25, -0.2) is 5.48 Å². The molecule has 1 aromatic heterocycles. The Morgan fingerprint density at radius 1 is 1.19 bits per heavy atom. The van der Waals surface area contributed by atoms with Gasteiger partial charge in [-0.1, -0.05) is 24.3 Å². The normalized spacial score (nSPS) is 17.6. The fourth-order valence-corrected chi connectivity index (χ4v) is 4.70. The van der Waals surface area contributed by atoms with E-state index in [1.807, 2.05) is 43.3 Å². The van der Waals surface area contributed by atoms with Crippen LogP contribution in [0.4, 0.5) is 0 Å². The molecule has 0 aliphatic carbocycles. The van der Waals surface area contributed by atoms with E-state index >= 15 is 0 Å². The van der Waals surface area contributed by atoms with E-state index in [0.29, 0.717) is 31.0 Å². The Bertz CT molecular complexity index is 1230. The van der Waals surface area contributed by atoms with Crippen molar-refractivity contribution in [1.29, 1.82) is 0 Å². The molecule has 0 spiro atoms. The SMILES string of the molecule is C=CCCN1C[C@H](CC(=O)NO)[C@H](NC(=O)c2ccc(OCc3cc(C)nc4ccccc34)cc2)C1. The van der Waals surface area contributed by atoms with Crippen molar-refractivity contribution in [2.75, 3.05) is 19.6 Å². The lowest BCUT2D eigenvalue weighted by Gasteiger charge is -2.19. The lowest BCUT2D eigenvalue weighted by atomic mass is 9.99. The fraction of sp³-hybridized carbons (Fsp3) is 0.321. The van der Waals surface area contributed by atoms with Gasteiger partial charge in [0, 0.05) is 60.2 Å². The van der Waals surface area contributed by atoms with Crippen LogP contribution in [0.5, 0.6) is 5.75 Å². The summed E-state index contributed by atoms with van der Waals surface area (Å²) in [6.07, 6.45) is 2.82. The van der Waals surface area contributed by atoms with Crippen LogP contribution in [-0.4, -0.2) is 52.6 Å². The highest BCUT2D eigenvalue weighted by molar-refractivity contribution is 5.94. The summed E-state index contributed by atoms with van der Waals surface area (Å²) in [6.45, 7) is 8.24. The summed E-state index contributed by atoms with van der Waals surface area (Å²) in [7, 11) is 0. The predicted molar refractivity (Wildman–Crippen MR) is 138 cm³/mol. The van der Waals surface area contributed by atoms with Crippen molar-refractivity contribution in [3.63, 3.8) is 0 Å². The molecule has 0 saturated carbocycles. The first kappa shape index (κ1) is 25.3. The van der Waals surface area contributed by atoms with Crippen LogP contribution in [0.1, 0.15) is 34.5 Å². The highest BCUT2D eigenvalue weighted by Gasteiger charge is 2.34. The number of hydroxylamine groups is 1. The maximum absolute atomic E-state index is 13.0. The number of hydrogen-bond acceptors (Lipinski definition) is 6. The molecular weight excluding hydrogens is 456 g/mol. The molecule has 0 radical (unpaired) electrons. The number of rotatable bonds is 10. The van der Waals surface area contributed by atoms with Crippen LogP contribution in [0.25, 0.3) is 10.9 Å². The summed E-state index contributed by atoms with van der Waals surface area (Å²) in [6, 6.07) is 16.9. The van der Waals surface area contributed by atoms with E-state index in [1.165, 1.54) is 0 Å². The topological polar surface area (TPSA) is 104 Å². The van der Waals surface area contributed by atoms with Gasteiger partial charge in [-0.2, -0.15) is 0 Å². The van der Waals surface area contributed by atoms with E-state index in [0.717, 1.165) is 35.1 Å². The molecule has 3 N–H and O–H groups in total. The third-order valence-corrected chi connectivity index (χ3v) is 6.50. The number of para-hydroxylation sites is 1. The molecule has 3 aromatic rings. The van der Waals surface area contributed by atoms with Crippen molar-refractivity contribution < 1.29 is 19.5 Å². The molecule has 0 bridgehead atoms. The van der Waals surface area contributed by atoms with Crippen molar-refractivity contribution in [3.8, 4) is 5.75 Å². The first-order valence-electron chi connectivity index (χ1n) is 12.1. The number of ether oxygens (including phenoxy) is 1. The van der Waals surface area contributed by atoms with Gasteiger partial charge in [-0.3, -0.25) is 19.8 Å². The summed E-state index contributed by atoms with van der Waals surface area (Å²) in [5.74, 6) is -0.0861. The molecular formula is C28H32N4O4. The van der Waals surface area contributed by atoms with Crippen LogP contribution in [-0.2, 0) is 11.4 Å². The minimum atomic E-state index is -0.455. The van der Waals surface area contributed by atoms with Gasteiger partial charge in [0.05, 0.1) is 5.52 Å². The van der Waals surface area contributed by atoms with Gasteiger partial charge in [0.25, 0.3) is 5.91 Å². The summed E-state index contributed by atoms with van der Waals surface area (Å²) >= 11 is 0. The zero-order valence-corrected chi connectivity index (χ0v) is 20.4. The van der Waals surface area contributed by atoms with Gasteiger partial charge >= 0.3 is 0 Å². The Kier molecular flexibility index (Phi) is 8.30. The summed E-state index contributed by atoms with van der Waals surface area (Å²) < 4.78 is 6.01. The molecule has 1 fully saturated rings. The van der Waals surface area contributed by atoms with Gasteiger partial charge in [0.1, 0.15) is 12.4 Å². The lowest BCUT2D eigenvalue weighted by Crippen LogP contribution is -2.41. The van der Waals surface area contributed by atoms with E-state index in [9.17, 15) is 9.59 Å². The third kappa shape index (κ3) is 6.27. The fourth-order valence-electron chi connectivity index (χ4n) is 4.70. The second-order valence-corrected chi connectivity index (χ2v) is 9.17. The number of nitrogens with one attached hydrogen (secondary N) is 2. The number of carbonyl (C=O) groups is 2. The van der Waals surface area contributed by atoms with Gasteiger partial charge in [-0.05, 0) is 49.7 Å². The number of likely N-dealkylation sites (tertiary alicyclic amines) is 1. The van der Waals surface area contributed by atoms with Gasteiger partial charge < -0.3 is 15.0 Å². The van der Waals surface area contributed by atoms with Crippen LogP contribution < -0.4 is 15.5 Å². The van der Waals surface area contributed by atoms with E-state index in [1.54, 1.807) is 29.7 Å². The zero-order chi connectivity index (χ0) is 25.5. The number of pyridine rings is 1. The standard InChI is InChI=1S/C28H32N4O4/c1-3-4-13-32-16-21(15-27(33)31-35)26(17-32)30-28(34)20-9-11-23(12-10-20)36-18-22-14-19(2)29-25-8-6-5-7-24(22)25/h3,5-12,14,21,26,35H,1,4,13,15-18H2,2H3,(H,30,34)(H,31,33)/t21-,26+/m0/s1. The first-order valence-corrected chi connectivity index (χ1v) is 12.1. The maximum Gasteiger partial charge on any atom is 0.251 e. The molecule has 36 heavy (non-hydrogen) atoms. The molecule has 2 amide bonds. The zero-order valence-electron chi connectivity index (χ0n) is 20.4. The molecule has 1 aliphatic rings. The number of aromatic nitrogens is 1. The lowest BCUT2D eigenvalue weighted by molar-refractivity contribution is -0.130. The molecule has 2 aromatic carbocycles. The van der Waals surface area contributed by atoms with Crippen molar-refractivity contribution in [2.45, 2.75) is 32.4 Å². The van der Waals surface area contributed by atoms with Crippen LogP contribution >= 0.6 is 0 Å². The van der Waals surface area contributed by atoms with Crippen molar-refractivity contribution in [3.05, 3.63) is 84.1 Å². The number of aryl methyl sites for hydroxylation is 1. The minimum Gasteiger partial charge on any atom is -0.489 e. The highest BCUT2D eigenvalue weighted by Crippen LogP contribution is 2.23. The Labute approximate surface area is 210 Å². The monoisotopic (exact) mass is 488 g/mol. The maximum atomic E-state index is 13.0. The Morgan fingerprint density at radius 3 is 2.72 bits per heavy atom. The molecule has 1 saturated heterocycles. The molecule has 4 rings (SSSR count). The van der Waals surface area contributed by atoms with Crippen LogP contribution in [0.2, 0.25) is 0 Å². The Morgan fingerprint density at radius 2 is 1.97 bits per heavy atom. The third-order valence-electron chi connectivity index (χ3n) is 6.50. The van der Waals surface area contributed by atoms with Gasteiger partial charge in [0.2, 0.25) is 5.91 Å². The second kappa shape index (κ2) is 11.8. The molecule has 188 valence electrons. The number of carbonyl (C=O) groups excluding carboxylic acids is 2. The van der Waals surface area contributed by atoms with E-state index < -0.39 is 5.91 Å². The average molecular weight is 489 g/mol. The minimum absolute atomic E-state index is 0.0906. The van der Waals surface area contributed by atoms with E-state index in [2.05, 4.69) is 21.8 Å². The second-order valence-electron chi connectivity index (χ2n) is 9.17. The molecule has 0 unspecified atom stereocenters. The van der Waals surface area contributed by atoms with Crippen LogP contribution in [0, 0.1) is 12.8 Å². The highest BCUT2D eigenvalue weighted by atomic mass is 16.5. The number of fused-ring (bicyclic) bond motifs is 1. The van der Waals surface area contributed by atoms with E-state index in [4.69, 9.17) is 9.94 Å². The smallest absolute Gasteiger partial charge is 0.251 e. The van der Waals surface area contributed by atoms with Crippen LogP contribution in [0.15, 0.2) is 67.3 Å². The number of benzene rings is 2. The molecule has 8 heteroatoms. The summed E-state index contributed by atoms with van der Waals surface area (Å²) in [4.78, 5) is 31.5. The quantitative estimate of drug-likeness (QED) is 0.229. The van der Waals surface area contributed by atoms with E-state index in [-0.39, 0.29) is 24.3 Å². The molecule has 8 nitrogen and oxygen atoms in total. The van der Waals surface area contributed by atoms with Crippen molar-refractivity contribution in [2.24, 2.45) is 5.92 Å². The number of amides is 2. The van der Waals surface area contributed by atoms with Crippen molar-refractivity contribution in [1.82, 2.24) is 20.7 Å². The number of nitrogens with zero attached hydrogens (tertiary/aromatic N) is 2. The average Bonchev–Trinajstić information content (AvgIpc) is 3.26. The largest absolute Gasteiger partial charge is 0.489 e. The molecule has 2 atom stereocenters. The Balaban J connectivity index is 1.38. The summed E-state index contributed by atoms with van der Waals surface area (Å²) in [5.41, 5.74) is 5.14. The van der Waals surface area contributed by atoms with Crippen molar-refractivity contribution >= 4 is 22.7 Å².